The predicted octanol–water partition coefficient (Wildman–Crippen LogP) is 5.70. The van der Waals surface area contributed by atoms with E-state index in [4.69, 9.17) is 4.74 Å². The van der Waals surface area contributed by atoms with Crippen LogP contribution in [0, 0.1) is 6.92 Å². The third-order valence-corrected chi connectivity index (χ3v) is 5.77. The normalized spacial score (nSPS) is 14.2. The third-order valence-electron chi connectivity index (χ3n) is 5.77. The molecule has 3 aromatic rings. The number of nitrogens with one attached hydrogen (secondary N) is 1. The number of anilines is 2. The van der Waals surface area contributed by atoms with Crippen LogP contribution in [0.3, 0.4) is 0 Å². The Morgan fingerprint density at radius 1 is 0.818 bits per heavy atom. The Labute approximate surface area is 194 Å². The largest absolute Gasteiger partial charge is 0.495 e. The smallest absolute Gasteiger partial charge is 0.282 e. The number of hydrogen-bond acceptors (Lipinski definition) is 4. The van der Waals surface area contributed by atoms with Crippen molar-refractivity contribution in [1.29, 1.82) is 0 Å². The SMILES string of the molecule is COc1ccccc1N1C(=O)C(Nc2ccc(C(C)(C)C)cc2)=C(c2ccc(C)cc2)C1=O. The van der Waals surface area contributed by atoms with Gasteiger partial charge in [-0.2, -0.15) is 0 Å². The van der Waals surface area contributed by atoms with Gasteiger partial charge in [0.05, 0.1) is 18.4 Å². The topological polar surface area (TPSA) is 58.6 Å². The molecule has 0 saturated heterocycles. The van der Waals surface area contributed by atoms with Gasteiger partial charge in [-0.25, -0.2) is 4.90 Å². The number of methoxy groups -OCH3 is 1. The highest BCUT2D eigenvalue weighted by Gasteiger charge is 2.41. The van der Waals surface area contributed by atoms with Crippen LogP contribution in [-0.2, 0) is 15.0 Å². The fraction of sp³-hybridized carbons (Fsp3) is 0.214. The van der Waals surface area contributed by atoms with Crippen LogP contribution in [0.1, 0.15) is 37.5 Å². The number of ether oxygens (including phenoxy) is 1. The van der Waals surface area contributed by atoms with Crippen LogP contribution >= 0.6 is 0 Å². The lowest BCUT2D eigenvalue weighted by molar-refractivity contribution is -0.120. The lowest BCUT2D eigenvalue weighted by Crippen LogP contribution is -2.32. The van der Waals surface area contributed by atoms with Crippen LogP contribution in [0.25, 0.3) is 5.57 Å². The maximum atomic E-state index is 13.6. The van der Waals surface area contributed by atoms with E-state index in [2.05, 4.69) is 26.1 Å². The van der Waals surface area contributed by atoms with Gasteiger partial charge in [-0.05, 0) is 47.7 Å². The molecule has 1 aliphatic heterocycles. The van der Waals surface area contributed by atoms with Crippen molar-refractivity contribution in [2.45, 2.75) is 33.1 Å². The van der Waals surface area contributed by atoms with E-state index in [1.165, 1.54) is 17.6 Å². The summed E-state index contributed by atoms with van der Waals surface area (Å²) in [4.78, 5) is 28.4. The molecule has 5 heteroatoms. The average molecular weight is 441 g/mol. The molecular weight excluding hydrogens is 412 g/mol. The molecule has 1 aliphatic rings. The number of imide groups is 1. The molecule has 0 fully saturated rings. The van der Waals surface area contributed by atoms with Gasteiger partial charge in [0.25, 0.3) is 11.8 Å². The van der Waals surface area contributed by atoms with E-state index in [0.717, 1.165) is 11.3 Å². The lowest BCUT2D eigenvalue weighted by Gasteiger charge is -2.20. The average Bonchev–Trinajstić information content (AvgIpc) is 3.03. The van der Waals surface area contributed by atoms with Crippen molar-refractivity contribution in [3.05, 3.63) is 95.2 Å². The van der Waals surface area contributed by atoms with Crippen molar-refractivity contribution < 1.29 is 14.3 Å². The molecule has 4 rings (SSSR count). The van der Waals surface area contributed by atoms with Gasteiger partial charge >= 0.3 is 0 Å². The number of para-hydroxylation sites is 2. The first-order valence-corrected chi connectivity index (χ1v) is 10.9. The van der Waals surface area contributed by atoms with Crippen LogP contribution in [0.4, 0.5) is 11.4 Å². The highest BCUT2D eigenvalue weighted by Crippen LogP contribution is 2.38. The molecule has 0 atom stereocenters. The molecule has 168 valence electrons. The Morgan fingerprint density at radius 2 is 1.45 bits per heavy atom. The molecular formula is C28H28N2O3. The summed E-state index contributed by atoms with van der Waals surface area (Å²) in [5.41, 5.74) is 4.71. The van der Waals surface area contributed by atoms with Crippen molar-refractivity contribution >= 4 is 28.8 Å². The number of hydrogen-bond donors (Lipinski definition) is 1. The van der Waals surface area contributed by atoms with Crippen molar-refractivity contribution in [1.82, 2.24) is 0 Å². The van der Waals surface area contributed by atoms with Crippen LogP contribution in [0.2, 0.25) is 0 Å². The van der Waals surface area contributed by atoms with E-state index in [1.807, 2.05) is 55.5 Å². The highest BCUT2D eigenvalue weighted by atomic mass is 16.5. The summed E-state index contributed by atoms with van der Waals surface area (Å²) < 4.78 is 5.42. The fourth-order valence-corrected chi connectivity index (χ4v) is 3.86. The van der Waals surface area contributed by atoms with Gasteiger partial charge in [0, 0.05) is 5.69 Å². The zero-order valence-electron chi connectivity index (χ0n) is 19.6. The van der Waals surface area contributed by atoms with Gasteiger partial charge < -0.3 is 10.1 Å². The molecule has 0 spiro atoms. The number of carbonyl (C=O) groups is 2. The molecule has 33 heavy (non-hydrogen) atoms. The van der Waals surface area contributed by atoms with Crippen LogP contribution < -0.4 is 15.0 Å². The Balaban J connectivity index is 1.79. The van der Waals surface area contributed by atoms with Gasteiger partial charge in [-0.15, -0.1) is 0 Å². The van der Waals surface area contributed by atoms with E-state index < -0.39 is 5.91 Å². The van der Waals surface area contributed by atoms with E-state index in [9.17, 15) is 9.59 Å². The molecule has 0 aromatic heterocycles. The zero-order valence-corrected chi connectivity index (χ0v) is 19.6. The summed E-state index contributed by atoms with van der Waals surface area (Å²) in [5, 5.41) is 3.23. The molecule has 3 aromatic carbocycles. The first-order chi connectivity index (χ1) is 15.7. The third kappa shape index (κ3) is 4.27. The van der Waals surface area contributed by atoms with Gasteiger partial charge in [0.1, 0.15) is 11.4 Å². The number of rotatable bonds is 5. The first kappa shape index (κ1) is 22.3. The van der Waals surface area contributed by atoms with Crippen molar-refractivity contribution in [2.24, 2.45) is 0 Å². The molecule has 0 saturated carbocycles. The Hall–Kier alpha value is -3.86. The van der Waals surface area contributed by atoms with Gasteiger partial charge in [-0.3, -0.25) is 9.59 Å². The van der Waals surface area contributed by atoms with Crippen molar-refractivity contribution in [2.75, 3.05) is 17.3 Å². The molecule has 1 heterocycles. The summed E-state index contributed by atoms with van der Waals surface area (Å²) in [6.45, 7) is 8.43. The molecule has 5 nitrogen and oxygen atoms in total. The van der Waals surface area contributed by atoms with Gasteiger partial charge in [0.15, 0.2) is 0 Å². The van der Waals surface area contributed by atoms with E-state index in [0.29, 0.717) is 22.6 Å². The minimum absolute atomic E-state index is 0.0185. The second-order valence-electron chi connectivity index (χ2n) is 9.19. The van der Waals surface area contributed by atoms with E-state index in [1.54, 1.807) is 24.3 Å². The predicted molar refractivity (Wildman–Crippen MR) is 132 cm³/mol. The minimum Gasteiger partial charge on any atom is -0.495 e. The first-order valence-electron chi connectivity index (χ1n) is 10.9. The molecule has 0 aliphatic carbocycles. The maximum Gasteiger partial charge on any atom is 0.282 e. The monoisotopic (exact) mass is 440 g/mol. The van der Waals surface area contributed by atoms with Crippen LogP contribution in [-0.4, -0.2) is 18.9 Å². The number of carbonyl (C=O) groups excluding carboxylic acids is 2. The molecule has 0 radical (unpaired) electrons. The molecule has 1 N–H and O–H groups in total. The van der Waals surface area contributed by atoms with Gasteiger partial charge in [-0.1, -0.05) is 74.9 Å². The lowest BCUT2D eigenvalue weighted by atomic mass is 9.87. The standard InChI is InChI=1S/C28H28N2O3/c1-18-10-12-19(13-11-18)24-25(29-21-16-14-20(15-17-21)28(2,3)4)27(32)30(26(24)31)22-8-6-7-9-23(22)33-5/h6-17,29H,1-5H3. The summed E-state index contributed by atoms with van der Waals surface area (Å²) in [7, 11) is 1.52. The maximum absolute atomic E-state index is 13.6. The second kappa shape index (κ2) is 8.58. The van der Waals surface area contributed by atoms with Crippen molar-refractivity contribution in [3.8, 4) is 5.75 Å². The number of aryl methyl sites for hydroxylation is 1. The van der Waals surface area contributed by atoms with Crippen molar-refractivity contribution in [3.63, 3.8) is 0 Å². The second-order valence-corrected chi connectivity index (χ2v) is 9.19. The molecule has 2 amide bonds. The highest BCUT2D eigenvalue weighted by molar-refractivity contribution is 6.46. The van der Waals surface area contributed by atoms with Gasteiger partial charge in [0.2, 0.25) is 0 Å². The van der Waals surface area contributed by atoms with E-state index >= 15 is 0 Å². The summed E-state index contributed by atoms with van der Waals surface area (Å²) in [6.07, 6.45) is 0. The Bertz CT molecular complexity index is 1230. The number of benzene rings is 3. The van der Waals surface area contributed by atoms with E-state index in [-0.39, 0.29) is 17.0 Å². The molecule has 0 unspecified atom stereocenters. The number of amides is 2. The quantitative estimate of drug-likeness (QED) is 0.517. The fourth-order valence-electron chi connectivity index (χ4n) is 3.86. The Morgan fingerprint density at radius 3 is 2.06 bits per heavy atom. The summed E-state index contributed by atoms with van der Waals surface area (Å²) >= 11 is 0. The summed E-state index contributed by atoms with van der Waals surface area (Å²) in [5.74, 6) is -0.347. The summed E-state index contributed by atoms with van der Waals surface area (Å²) in [6, 6.07) is 22.6. The Kier molecular flexibility index (Phi) is 5.81. The zero-order chi connectivity index (χ0) is 23.8. The molecule has 0 bridgehead atoms. The van der Waals surface area contributed by atoms with Crippen LogP contribution in [0.15, 0.2) is 78.5 Å². The number of nitrogens with zero attached hydrogens (tertiary/aromatic N) is 1. The van der Waals surface area contributed by atoms with Crippen LogP contribution in [0.5, 0.6) is 5.75 Å². The minimum atomic E-state index is -0.417.